The SMILES string of the molecule is O=C(CSc1ccc(NC(=O)/C(=C/c2c(Cl)cccc2Cl)NC(=O)c2ccccc2)cc1)Nc1ccc(I)cc1. The predicted molar refractivity (Wildman–Crippen MR) is 172 cm³/mol. The minimum Gasteiger partial charge on any atom is -0.325 e. The number of anilines is 2. The third-order valence-corrected chi connectivity index (χ3v) is 7.82. The molecule has 10 heteroatoms. The Hall–Kier alpha value is -3.31. The third kappa shape index (κ3) is 8.59. The largest absolute Gasteiger partial charge is 0.325 e. The molecule has 0 atom stereocenters. The topological polar surface area (TPSA) is 87.3 Å². The van der Waals surface area contributed by atoms with Gasteiger partial charge in [0.25, 0.3) is 11.8 Å². The van der Waals surface area contributed by atoms with Gasteiger partial charge in [0.2, 0.25) is 5.91 Å². The highest BCUT2D eigenvalue weighted by Gasteiger charge is 2.17. The first-order valence-corrected chi connectivity index (χ1v) is 14.7. The number of benzene rings is 4. The van der Waals surface area contributed by atoms with Crippen molar-refractivity contribution in [1.29, 1.82) is 0 Å². The molecule has 40 heavy (non-hydrogen) atoms. The van der Waals surface area contributed by atoms with E-state index in [2.05, 4.69) is 38.5 Å². The number of hydrogen-bond donors (Lipinski definition) is 3. The summed E-state index contributed by atoms with van der Waals surface area (Å²) >= 11 is 16.2. The summed E-state index contributed by atoms with van der Waals surface area (Å²) in [6.45, 7) is 0. The Morgan fingerprint density at radius 1 is 0.750 bits per heavy atom. The van der Waals surface area contributed by atoms with Crippen LogP contribution in [0.25, 0.3) is 6.08 Å². The number of rotatable bonds is 9. The summed E-state index contributed by atoms with van der Waals surface area (Å²) in [7, 11) is 0. The zero-order chi connectivity index (χ0) is 28.5. The lowest BCUT2D eigenvalue weighted by Crippen LogP contribution is -2.30. The van der Waals surface area contributed by atoms with Crippen molar-refractivity contribution in [3.05, 3.63) is 128 Å². The molecule has 4 aromatic rings. The molecule has 0 spiro atoms. The summed E-state index contributed by atoms with van der Waals surface area (Å²) in [5.74, 6) is -0.905. The molecule has 0 radical (unpaired) electrons. The van der Waals surface area contributed by atoms with E-state index in [0.717, 1.165) is 14.2 Å². The van der Waals surface area contributed by atoms with Crippen molar-refractivity contribution in [2.45, 2.75) is 4.90 Å². The fourth-order valence-electron chi connectivity index (χ4n) is 3.45. The van der Waals surface area contributed by atoms with Gasteiger partial charge in [-0.2, -0.15) is 0 Å². The Kier molecular flexibility index (Phi) is 10.7. The lowest BCUT2D eigenvalue weighted by atomic mass is 10.1. The summed E-state index contributed by atoms with van der Waals surface area (Å²) in [6, 6.07) is 28.1. The van der Waals surface area contributed by atoms with Crippen LogP contribution in [0.2, 0.25) is 10.0 Å². The second-order valence-electron chi connectivity index (χ2n) is 8.34. The number of carbonyl (C=O) groups excluding carboxylic acids is 3. The standard InChI is InChI=1S/C30H22Cl2IN3O3S/c31-25-7-4-8-26(32)24(25)17-27(36-29(38)19-5-2-1-3-6-19)30(39)35-22-13-15-23(16-14-22)40-18-28(37)34-21-11-9-20(33)10-12-21/h1-17H,18H2,(H,34,37)(H,35,39)(H,36,38)/b27-17-. The van der Waals surface area contributed by atoms with Gasteiger partial charge in [-0.1, -0.05) is 47.5 Å². The van der Waals surface area contributed by atoms with Gasteiger partial charge >= 0.3 is 0 Å². The van der Waals surface area contributed by atoms with E-state index in [1.807, 2.05) is 24.3 Å². The first-order valence-electron chi connectivity index (χ1n) is 11.9. The Morgan fingerprint density at radius 3 is 2.00 bits per heavy atom. The van der Waals surface area contributed by atoms with Crippen LogP contribution in [-0.2, 0) is 9.59 Å². The predicted octanol–water partition coefficient (Wildman–Crippen LogP) is 7.74. The maximum Gasteiger partial charge on any atom is 0.272 e. The van der Waals surface area contributed by atoms with E-state index in [9.17, 15) is 14.4 Å². The summed E-state index contributed by atoms with van der Waals surface area (Å²) in [5.41, 5.74) is 2.00. The molecule has 0 saturated heterocycles. The molecular formula is C30H22Cl2IN3O3S. The molecule has 3 amide bonds. The van der Waals surface area contributed by atoms with Gasteiger partial charge in [0, 0.05) is 41.0 Å². The number of carbonyl (C=O) groups is 3. The van der Waals surface area contributed by atoms with Crippen LogP contribution < -0.4 is 16.0 Å². The van der Waals surface area contributed by atoms with Crippen molar-refractivity contribution in [2.75, 3.05) is 16.4 Å². The van der Waals surface area contributed by atoms with E-state index in [4.69, 9.17) is 23.2 Å². The van der Waals surface area contributed by atoms with Crippen LogP contribution in [0, 0.1) is 3.57 Å². The first kappa shape index (κ1) is 29.7. The summed E-state index contributed by atoms with van der Waals surface area (Å²) in [4.78, 5) is 39.3. The molecule has 0 aromatic heterocycles. The van der Waals surface area contributed by atoms with Crippen LogP contribution in [0.1, 0.15) is 15.9 Å². The minimum atomic E-state index is -0.558. The van der Waals surface area contributed by atoms with Gasteiger partial charge in [-0.05, 0) is 101 Å². The lowest BCUT2D eigenvalue weighted by molar-refractivity contribution is -0.114. The van der Waals surface area contributed by atoms with Gasteiger partial charge in [-0.15, -0.1) is 11.8 Å². The van der Waals surface area contributed by atoms with Gasteiger partial charge in [0.1, 0.15) is 5.70 Å². The van der Waals surface area contributed by atoms with Gasteiger partial charge in [-0.25, -0.2) is 0 Å². The number of nitrogens with one attached hydrogen (secondary N) is 3. The van der Waals surface area contributed by atoms with Crippen LogP contribution in [0.5, 0.6) is 0 Å². The molecule has 0 aliphatic heterocycles. The van der Waals surface area contributed by atoms with Gasteiger partial charge < -0.3 is 16.0 Å². The Morgan fingerprint density at radius 2 is 1.35 bits per heavy atom. The molecule has 0 fully saturated rings. The van der Waals surface area contributed by atoms with Crippen molar-refractivity contribution in [3.63, 3.8) is 0 Å². The van der Waals surface area contributed by atoms with Gasteiger partial charge in [0.05, 0.1) is 5.75 Å². The molecule has 6 nitrogen and oxygen atoms in total. The van der Waals surface area contributed by atoms with Crippen LogP contribution in [-0.4, -0.2) is 23.5 Å². The fourth-order valence-corrected chi connectivity index (χ4v) is 5.01. The monoisotopic (exact) mass is 701 g/mol. The van der Waals surface area contributed by atoms with Crippen molar-refractivity contribution in [1.82, 2.24) is 5.32 Å². The Balaban J connectivity index is 1.43. The quantitative estimate of drug-likeness (QED) is 0.0947. The van der Waals surface area contributed by atoms with Crippen molar-refractivity contribution >= 4 is 92.7 Å². The summed E-state index contributed by atoms with van der Waals surface area (Å²) in [5, 5.41) is 8.99. The van der Waals surface area contributed by atoms with Crippen molar-refractivity contribution < 1.29 is 14.4 Å². The minimum absolute atomic E-state index is 0.0328. The molecule has 0 aliphatic rings. The van der Waals surface area contributed by atoms with E-state index in [1.54, 1.807) is 72.8 Å². The highest BCUT2D eigenvalue weighted by Crippen LogP contribution is 2.27. The molecule has 4 rings (SSSR count). The normalized spacial score (nSPS) is 11.0. The molecule has 0 unspecified atom stereocenters. The van der Waals surface area contributed by atoms with Gasteiger partial charge in [0.15, 0.2) is 0 Å². The highest BCUT2D eigenvalue weighted by molar-refractivity contribution is 14.1. The summed E-state index contributed by atoms with van der Waals surface area (Å²) in [6.07, 6.45) is 1.44. The zero-order valence-electron chi connectivity index (χ0n) is 20.8. The maximum absolute atomic E-state index is 13.3. The second kappa shape index (κ2) is 14.4. The number of amides is 3. The Bertz CT molecular complexity index is 1530. The van der Waals surface area contributed by atoms with E-state index in [-0.39, 0.29) is 17.4 Å². The second-order valence-corrected chi connectivity index (χ2v) is 11.4. The van der Waals surface area contributed by atoms with Gasteiger partial charge in [-0.3, -0.25) is 14.4 Å². The molecule has 202 valence electrons. The average molecular weight is 702 g/mol. The van der Waals surface area contributed by atoms with E-state index in [0.29, 0.717) is 26.9 Å². The molecular weight excluding hydrogens is 680 g/mol. The molecule has 0 aliphatic carbocycles. The number of hydrogen-bond acceptors (Lipinski definition) is 4. The highest BCUT2D eigenvalue weighted by atomic mass is 127. The molecule has 4 aromatic carbocycles. The van der Waals surface area contributed by atoms with E-state index < -0.39 is 11.8 Å². The van der Waals surface area contributed by atoms with Crippen LogP contribution in [0.15, 0.2) is 108 Å². The van der Waals surface area contributed by atoms with Crippen LogP contribution >= 0.6 is 57.6 Å². The molecule has 0 heterocycles. The van der Waals surface area contributed by atoms with Crippen molar-refractivity contribution in [3.8, 4) is 0 Å². The summed E-state index contributed by atoms with van der Waals surface area (Å²) < 4.78 is 1.09. The smallest absolute Gasteiger partial charge is 0.272 e. The lowest BCUT2D eigenvalue weighted by Gasteiger charge is -2.13. The number of thioether (sulfide) groups is 1. The van der Waals surface area contributed by atoms with Crippen LogP contribution in [0.3, 0.4) is 0 Å². The average Bonchev–Trinajstić information content (AvgIpc) is 2.95. The third-order valence-electron chi connectivity index (χ3n) is 5.43. The van der Waals surface area contributed by atoms with Crippen LogP contribution in [0.4, 0.5) is 11.4 Å². The van der Waals surface area contributed by atoms with E-state index in [1.165, 1.54) is 17.8 Å². The van der Waals surface area contributed by atoms with E-state index >= 15 is 0 Å². The number of halogens is 3. The Labute approximate surface area is 259 Å². The molecule has 3 N–H and O–H groups in total. The molecule has 0 saturated carbocycles. The zero-order valence-corrected chi connectivity index (χ0v) is 25.3. The first-order chi connectivity index (χ1) is 19.3. The van der Waals surface area contributed by atoms with Crippen molar-refractivity contribution in [2.24, 2.45) is 0 Å². The maximum atomic E-state index is 13.3. The molecule has 0 bridgehead atoms. The fraction of sp³-hybridized carbons (Fsp3) is 0.0333.